The van der Waals surface area contributed by atoms with Gasteiger partial charge < -0.3 is 20.5 Å². The van der Waals surface area contributed by atoms with Gasteiger partial charge in [0.2, 0.25) is 5.91 Å². The van der Waals surface area contributed by atoms with Gasteiger partial charge in [-0.15, -0.1) is 0 Å². The summed E-state index contributed by atoms with van der Waals surface area (Å²) in [5, 5.41) is 3.23. The molecule has 3 N–H and O–H groups in total. The van der Waals surface area contributed by atoms with Crippen molar-refractivity contribution in [1.82, 2.24) is 5.32 Å². The maximum atomic E-state index is 12.3. The molecule has 2 aromatic carbocycles. The first kappa shape index (κ1) is 17.1. The molecule has 0 bridgehead atoms. The number of fused-ring (bicyclic) bond motifs is 1. The van der Waals surface area contributed by atoms with E-state index in [0.29, 0.717) is 35.3 Å². The molecular weight excluding hydrogens is 344 g/mol. The molecule has 3 rings (SSSR count). The van der Waals surface area contributed by atoms with Crippen molar-refractivity contribution in [3.05, 3.63) is 58.1 Å². The van der Waals surface area contributed by atoms with Crippen LogP contribution in [0.4, 0.5) is 0 Å². The van der Waals surface area contributed by atoms with Crippen molar-refractivity contribution in [2.24, 2.45) is 5.73 Å². The predicted molar refractivity (Wildman–Crippen MR) is 93.2 cm³/mol. The highest BCUT2D eigenvalue weighted by Gasteiger charge is 2.16. The third-order valence-electron chi connectivity index (χ3n) is 3.72. The lowest BCUT2D eigenvalue weighted by Crippen LogP contribution is -2.23. The number of benzene rings is 2. The predicted octanol–water partition coefficient (Wildman–Crippen LogP) is 2.53. The molecule has 1 aliphatic rings. The molecule has 25 heavy (non-hydrogen) atoms. The summed E-state index contributed by atoms with van der Waals surface area (Å²) in [5.74, 6) is 0.212. The monoisotopic (exact) mass is 360 g/mol. The second-order valence-electron chi connectivity index (χ2n) is 5.58. The minimum atomic E-state index is -0.579. The van der Waals surface area contributed by atoms with Gasteiger partial charge in [0.1, 0.15) is 0 Å². The van der Waals surface area contributed by atoms with Crippen molar-refractivity contribution >= 4 is 23.4 Å². The molecule has 7 heteroatoms. The summed E-state index contributed by atoms with van der Waals surface area (Å²) in [6.07, 6.45) is 0.785. The molecule has 0 radical (unpaired) electrons. The number of primary amides is 1. The van der Waals surface area contributed by atoms with Crippen molar-refractivity contribution in [3.8, 4) is 11.5 Å². The number of halogens is 1. The molecular formula is C18H17ClN2O4. The minimum absolute atomic E-state index is 0.260. The van der Waals surface area contributed by atoms with Crippen LogP contribution in [-0.2, 0) is 6.54 Å². The molecule has 0 aromatic heterocycles. The van der Waals surface area contributed by atoms with Crippen LogP contribution in [0, 0.1) is 0 Å². The summed E-state index contributed by atoms with van der Waals surface area (Å²) >= 11 is 6.24. The summed E-state index contributed by atoms with van der Waals surface area (Å²) in [5.41, 5.74) is 6.66. The number of rotatable bonds is 4. The first-order valence-electron chi connectivity index (χ1n) is 7.80. The van der Waals surface area contributed by atoms with Gasteiger partial charge in [-0.2, -0.15) is 0 Å². The molecule has 0 spiro atoms. The van der Waals surface area contributed by atoms with E-state index in [1.807, 2.05) is 0 Å². The lowest BCUT2D eigenvalue weighted by molar-refractivity contribution is 0.0951. The van der Waals surface area contributed by atoms with Crippen LogP contribution < -0.4 is 20.5 Å². The Bertz CT molecular complexity index is 823. The average molecular weight is 361 g/mol. The highest BCUT2D eigenvalue weighted by Crippen LogP contribution is 2.37. The Labute approximate surface area is 149 Å². The van der Waals surface area contributed by atoms with E-state index in [1.165, 1.54) is 6.07 Å². The normalized spacial score (nSPS) is 13.0. The van der Waals surface area contributed by atoms with Gasteiger partial charge in [0.05, 0.1) is 18.2 Å². The Morgan fingerprint density at radius 1 is 1.12 bits per heavy atom. The van der Waals surface area contributed by atoms with E-state index in [1.54, 1.807) is 30.3 Å². The highest BCUT2D eigenvalue weighted by atomic mass is 35.5. The number of nitrogens with two attached hydrogens (primary N) is 1. The molecule has 2 amide bonds. The first-order chi connectivity index (χ1) is 12.0. The van der Waals surface area contributed by atoms with Crippen LogP contribution in [0.1, 0.15) is 32.7 Å². The summed E-state index contributed by atoms with van der Waals surface area (Å²) in [4.78, 5) is 23.5. The average Bonchev–Trinajstić information content (AvgIpc) is 2.85. The molecule has 130 valence electrons. The van der Waals surface area contributed by atoms with E-state index >= 15 is 0 Å². The van der Waals surface area contributed by atoms with Gasteiger partial charge in [0.15, 0.2) is 11.5 Å². The molecule has 2 aromatic rings. The minimum Gasteiger partial charge on any atom is -0.489 e. The molecule has 0 fully saturated rings. The van der Waals surface area contributed by atoms with Crippen LogP contribution in [-0.4, -0.2) is 25.0 Å². The zero-order valence-corrected chi connectivity index (χ0v) is 14.1. The standard InChI is InChI=1S/C18H17ClN2O4/c19-14-7-11(8-15-16(14)25-6-2-5-24-15)10-21-18(23)13-4-1-3-12(9-13)17(20)22/h1,3-4,7-9H,2,5-6,10H2,(H2,20,22)(H,21,23). The zero-order valence-electron chi connectivity index (χ0n) is 13.4. The number of hydrogen-bond acceptors (Lipinski definition) is 4. The Kier molecular flexibility index (Phi) is 5.09. The molecule has 0 atom stereocenters. The maximum Gasteiger partial charge on any atom is 0.251 e. The van der Waals surface area contributed by atoms with E-state index in [4.69, 9.17) is 26.8 Å². The third-order valence-corrected chi connectivity index (χ3v) is 4.01. The van der Waals surface area contributed by atoms with Gasteiger partial charge in [-0.05, 0) is 35.9 Å². The highest BCUT2D eigenvalue weighted by molar-refractivity contribution is 6.32. The van der Waals surface area contributed by atoms with Crippen molar-refractivity contribution in [2.45, 2.75) is 13.0 Å². The Balaban J connectivity index is 1.72. The van der Waals surface area contributed by atoms with Gasteiger partial charge >= 0.3 is 0 Å². The fraction of sp³-hybridized carbons (Fsp3) is 0.222. The van der Waals surface area contributed by atoms with Crippen molar-refractivity contribution < 1.29 is 19.1 Å². The largest absolute Gasteiger partial charge is 0.489 e. The third kappa shape index (κ3) is 4.03. The van der Waals surface area contributed by atoms with Gasteiger partial charge in [0, 0.05) is 24.1 Å². The molecule has 1 aliphatic heterocycles. The number of carbonyl (C=O) groups is 2. The number of hydrogen-bond donors (Lipinski definition) is 2. The number of ether oxygens (including phenoxy) is 2. The Morgan fingerprint density at radius 3 is 2.68 bits per heavy atom. The Morgan fingerprint density at radius 2 is 1.88 bits per heavy atom. The van der Waals surface area contributed by atoms with Gasteiger partial charge in [-0.25, -0.2) is 0 Å². The van der Waals surface area contributed by atoms with E-state index < -0.39 is 5.91 Å². The summed E-state index contributed by atoms with van der Waals surface area (Å²) in [7, 11) is 0. The Hall–Kier alpha value is -2.73. The van der Waals surface area contributed by atoms with Crippen LogP contribution in [0.15, 0.2) is 36.4 Å². The topological polar surface area (TPSA) is 90.7 Å². The van der Waals surface area contributed by atoms with Crippen molar-refractivity contribution in [1.29, 1.82) is 0 Å². The van der Waals surface area contributed by atoms with Crippen molar-refractivity contribution in [3.63, 3.8) is 0 Å². The molecule has 6 nitrogen and oxygen atoms in total. The van der Waals surface area contributed by atoms with E-state index in [9.17, 15) is 9.59 Å². The molecule has 0 saturated heterocycles. The zero-order chi connectivity index (χ0) is 17.8. The van der Waals surface area contributed by atoms with E-state index in [0.717, 1.165) is 12.0 Å². The van der Waals surface area contributed by atoms with Crippen LogP contribution in [0.5, 0.6) is 11.5 Å². The van der Waals surface area contributed by atoms with Gasteiger partial charge in [-0.3, -0.25) is 9.59 Å². The number of carbonyl (C=O) groups excluding carboxylic acids is 2. The molecule has 0 unspecified atom stereocenters. The second-order valence-corrected chi connectivity index (χ2v) is 5.99. The SMILES string of the molecule is NC(=O)c1cccc(C(=O)NCc2cc(Cl)c3c(c2)OCCCO3)c1. The molecule has 0 aliphatic carbocycles. The first-order valence-corrected chi connectivity index (χ1v) is 8.18. The second kappa shape index (κ2) is 7.44. The number of nitrogens with one attached hydrogen (secondary N) is 1. The lowest BCUT2D eigenvalue weighted by atomic mass is 10.1. The van der Waals surface area contributed by atoms with Crippen LogP contribution in [0.3, 0.4) is 0 Å². The van der Waals surface area contributed by atoms with Gasteiger partial charge in [0.25, 0.3) is 5.91 Å². The fourth-order valence-electron chi connectivity index (χ4n) is 2.48. The lowest BCUT2D eigenvalue weighted by Gasteiger charge is -2.12. The summed E-state index contributed by atoms with van der Waals surface area (Å²) in [6.45, 7) is 1.37. The summed E-state index contributed by atoms with van der Waals surface area (Å²) < 4.78 is 11.2. The van der Waals surface area contributed by atoms with E-state index in [2.05, 4.69) is 5.32 Å². The molecule has 0 saturated carbocycles. The fourth-order valence-corrected chi connectivity index (χ4v) is 2.77. The molecule has 1 heterocycles. The quantitative estimate of drug-likeness (QED) is 0.876. The van der Waals surface area contributed by atoms with Crippen LogP contribution in [0.2, 0.25) is 5.02 Å². The van der Waals surface area contributed by atoms with Crippen molar-refractivity contribution in [2.75, 3.05) is 13.2 Å². The van der Waals surface area contributed by atoms with Gasteiger partial charge in [-0.1, -0.05) is 17.7 Å². The maximum absolute atomic E-state index is 12.3. The summed E-state index contributed by atoms with van der Waals surface area (Å²) in [6, 6.07) is 9.77. The van der Waals surface area contributed by atoms with E-state index in [-0.39, 0.29) is 18.0 Å². The number of amides is 2. The van der Waals surface area contributed by atoms with Crippen LogP contribution >= 0.6 is 11.6 Å². The van der Waals surface area contributed by atoms with Crippen LogP contribution in [0.25, 0.3) is 0 Å². The smallest absolute Gasteiger partial charge is 0.251 e.